The molecule has 2 N–H and O–H groups in total. The molecule has 0 spiro atoms. The van der Waals surface area contributed by atoms with E-state index in [4.69, 9.17) is 23.2 Å². The van der Waals surface area contributed by atoms with Gasteiger partial charge in [0.05, 0.1) is 21.7 Å². The molecule has 154 valence electrons. The van der Waals surface area contributed by atoms with Gasteiger partial charge in [-0.15, -0.1) is 0 Å². The van der Waals surface area contributed by atoms with Gasteiger partial charge in [-0.1, -0.05) is 23.2 Å². The number of hydrogen-bond acceptors (Lipinski definition) is 5. The topological polar surface area (TPSA) is 88.9 Å². The van der Waals surface area contributed by atoms with E-state index in [2.05, 4.69) is 20.1 Å². The minimum Gasteiger partial charge on any atom is -0.340 e. The molecule has 0 fully saturated rings. The second kappa shape index (κ2) is 7.85. The Hall–Kier alpha value is -2.29. The van der Waals surface area contributed by atoms with Gasteiger partial charge in [-0.05, 0) is 51.1 Å². The molecule has 29 heavy (non-hydrogen) atoms. The van der Waals surface area contributed by atoms with E-state index in [1.807, 2.05) is 19.3 Å². The van der Waals surface area contributed by atoms with Gasteiger partial charge >= 0.3 is 0 Å². The van der Waals surface area contributed by atoms with Crippen molar-refractivity contribution in [1.29, 1.82) is 0 Å². The molecule has 3 aromatic rings. The number of halogens is 2. The van der Waals surface area contributed by atoms with E-state index < -0.39 is 14.8 Å². The zero-order chi connectivity index (χ0) is 21.4. The number of anilines is 3. The Labute approximate surface area is 180 Å². The second-order valence-electron chi connectivity index (χ2n) is 7.47. The van der Waals surface area contributed by atoms with Crippen molar-refractivity contribution in [2.75, 3.05) is 10.0 Å². The fourth-order valence-electron chi connectivity index (χ4n) is 2.44. The lowest BCUT2D eigenvalue weighted by atomic mass is 10.1. The number of aromatic nitrogens is 3. The van der Waals surface area contributed by atoms with Crippen molar-refractivity contribution in [3.63, 3.8) is 0 Å². The highest BCUT2D eigenvalue weighted by Gasteiger charge is 2.29. The lowest BCUT2D eigenvalue weighted by Gasteiger charge is -2.21. The number of benzene rings is 1. The Kier molecular flexibility index (Phi) is 5.80. The number of pyridine rings is 1. The molecule has 0 unspecified atom stereocenters. The smallest absolute Gasteiger partial charge is 0.237 e. The molecule has 10 heteroatoms. The second-order valence-corrected chi connectivity index (χ2v) is 10.7. The number of hydrogen-bond donors (Lipinski definition) is 2. The summed E-state index contributed by atoms with van der Waals surface area (Å²) in [7, 11) is -1.80. The number of sulfonamides is 1. The van der Waals surface area contributed by atoms with Gasteiger partial charge in [0.15, 0.2) is 0 Å². The summed E-state index contributed by atoms with van der Waals surface area (Å²) in [5.74, 6) is 0.512. The third-order valence-electron chi connectivity index (χ3n) is 4.16. The standard InChI is InChI=1S/C19H21Cl2N5O2S/c1-19(2,3)29(27,28)25-16-9-13(5-7-15(16)20)23-18-14(6-8-17(21)24-18)12-10-22-26(4)11-12/h5-11,25H,1-4H3,(H,23,24). The third-order valence-corrected chi connectivity index (χ3v) is 6.80. The summed E-state index contributed by atoms with van der Waals surface area (Å²) < 4.78 is 28.3. The van der Waals surface area contributed by atoms with Gasteiger partial charge in [-0.3, -0.25) is 9.40 Å². The highest BCUT2D eigenvalue weighted by atomic mass is 35.5. The van der Waals surface area contributed by atoms with Crippen LogP contribution in [0, 0.1) is 0 Å². The average molecular weight is 454 g/mol. The van der Waals surface area contributed by atoms with E-state index in [1.165, 1.54) is 0 Å². The quantitative estimate of drug-likeness (QED) is 0.526. The molecule has 2 heterocycles. The third kappa shape index (κ3) is 4.83. The lowest BCUT2D eigenvalue weighted by molar-refractivity contribution is 0.566. The first kappa shape index (κ1) is 21.4. The Morgan fingerprint density at radius 3 is 2.45 bits per heavy atom. The van der Waals surface area contributed by atoms with Crippen LogP contribution >= 0.6 is 23.2 Å². The number of aryl methyl sites for hydroxylation is 1. The number of rotatable bonds is 5. The minimum absolute atomic E-state index is 0.275. The predicted octanol–water partition coefficient (Wildman–Crippen LogP) is 5.07. The van der Waals surface area contributed by atoms with Crippen LogP contribution in [0.5, 0.6) is 0 Å². The van der Waals surface area contributed by atoms with E-state index in [0.29, 0.717) is 16.7 Å². The molecule has 2 aromatic heterocycles. The van der Waals surface area contributed by atoms with Crippen LogP contribution in [-0.2, 0) is 17.1 Å². The molecule has 0 saturated carbocycles. The summed E-state index contributed by atoms with van der Waals surface area (Å²) >= 11 is 12.3. The van der Waals surface area contributed by atoms with Crippen LogP contribution in [0.3, 0.4) is 0 Å². The zero-order valence-electron chi connectivity index (χ0n) is 16.4. The monoisotopic (exact) mass is 453 g/mol. The van der Waals surface area contributed by atoms with Gasteiger partial charge in [-0.25, -0.2) is 13.4 Å². The highest BCUT2D eigenvalue weighted by Crippen LogP contribution is 2.33. The van der Waals surface area contributed by atoms with E-state index >= 15 is 0 Å². The van der Waals surface area contributed by atoms with Crippen molar-refractivity contribution in [2.24, 2.45) is 7.05 Å². The lowest BCUT2D eigenvalue weighted by Crippen LogP contribution is -2.33. The fraction of sp³-hybridized carbons (Fsp3) is 0.263. The predicted molar refractivity (Wildman–Crippen MR) is 118 cm³/mol. The van der Waals surface area contributed by atoms with Gasteiger partial charge < -0.3 is 5.32 Å². The first-order valence-corrected chi connectivity index (χ1v) is 10.9. The first-order valence-electron chi connectivity index (χ1n) is 8.71. The average Bonchev–Trinajstić information content (AvgIpc) is 3.03. The SMILES string of the molecule is Cn1cc(-c2ccc(Cl)nc2Nc2ccc(Cl)c(NS(=O)(=O)C(C)(C)C)c2)cn1. The van der Waals surface area contributed by atoms with Crippen molar-refractivity contribution in [3.05, 3.63) is 52.9 Å². The van der Waals surface area contributed by atoms with Crippen molar-refractivity contribution >= 4 is 50.4 Å². The van der Waals surface area contributed by atoms with Crippen LogP contribution in [0.15, 0.2) is 42.7 Å². The summed E-state index contributed by atoms with van der Waals surface area (Å²) in [5, 5.41) is 7.98. The van der Waals surface area contributed by atoms with Gasteiger partial charge in [0, 0.05) is 30.1 Å². The molecule has 0 aliphatic rings. The van der Waals surface area contributed by atoms with Gasteiger partial charge in [0.1, 0.15) is 11.0 Å². The van der Waals surface area contributed by atoms with Gasteiger partial charge in [0.25, 0.3) is 0 Å². The molecule has 0 amide bonds. The molecule has 7 nitrogen and oxygen atoms in total. The molecular formula is C19H21Cl2N5O2S. The van der Waals surface area contributed by atoms with Crippen LogP contribution < -0.4 is 10.0 Å². The van der Waals surface area contributed by atoms with E-state index in [0.717, 1.165) is 11.1 Å². The molecule has 1 aromatic carbocycles. The summed E-state index contributed by atoms with van der Waals surface area (Å²) in [6.45, 7) is 4.84. The Morgan fingerprint density at radius 1 is 1.10 bits per heavy atom. The minimum atomic E-state index is -3.63. The van der Waals surface area contributed by atoms with Crippen molar-refractivity contribution in [3.8, 4) is 11.1 Å². The maximum Gasteiger partial charge on any atom is 0.237 e. The molecule has 3 rings (SSSR count). The van der Waals surface area contributed by atoms with Crippen LogP contribution in [0.4, 0.5) is 17.2 Å². The first-order chi connectivity index (χ1) is 13.5. The summed E-state index contributed by atoms with van der Waals surface area (Å²) in [6.07, 6.45) is 3.59. The largest absolute Gasteiger partial charge is 0.340 e. The van der Waals surface area contributed by atoms with Crippen LogP contribution in [0.25, 0.3) is 11.1 Å². The number of nitrogens with zero attached hydrogens (tertiary/aromatic N) is 3. The number of nitrogens with one attached hydrogen (secondary N) is 2. The van der Waals surface area contributed by atoms with Crippen molar-refractivity contribution < 1.29 is 8.42 Å². The van der Waals surface area contributed by atoms with E-state index in [1.54, 1.807) is 55.9 Å². The van der Waals surface area contributed by atoms with Gasteiger partial charge in [0.2, 0.25) is 10.0 Å². The van der Waals surface area contributed by atoms with Crippen LogP contribution in [-0.4, -0.2) is 27.9 Å². The van der Waals surface area contributed by atoms with E-state index in [9.17, 15) is 8.42 Å². The molecule has 0 saturated heterocycles. The fourth-order valence-corrected chi connectivity index (χ4v) is 3.57. The molecule has 0 bridgehead atoms. The maximum atomic E-state index is 12.5. The maximum absolute atomic E-state index is 12.5. The molecular weight excluding hydrogens is 433 g/mol. The normalized spacial score (nSPS) is 12.1. The summed E-state index contributed by atoms with van der Waals surface area (Å²) in [5.41, 5.74) is 2.54. The Balaban J connectivity index is 1.97. The Morgan fingerprint density at radius 2 is 1.83 bits per heavy atom. The van der Waals surface area contributed by atoms with Gasteiger partial charge in [-0.2, -0.15) is 5.10 Å². The molecule has 0 aliphatic heterocycles. The van der Waals surface area contributed by atoms with Crippen LogP contribution in [0.2, 0.25) is 10.2 Å². The Bertz CT molecular complexity index is 1150. The van der Waals surface area contributed by atoms with Crippen molar-refractivity contribution in [2.45, 2.75) is 25.5 Å². The molecule has 0 radical (unpaired) electrons. The van der Waals surface area contributed by atoms with Crippen molar-refractivity contribution in [1.82, 2.24) is 14.8 Å². The van der Waals surface area contributed by atoms with E-state index in [-0.39, 0.29) is 10.7 Å². The molecule has 0 aliphatic carbocycles. The summed E-state index contributed by atoms with van der Waals surface area (Å²) in [4.78, 5) is 4.37. The molecule has 0 atom stereocenters. The highest BCUT2D eigenvalue weighted by molar-refractivity contribution is 7.94. The van der Waals surface area contributed by atoms with Crippen LogP contribution in [0.1, 0.15) is 20.8 Å². The zero-order valence-corrected chi connectivity index (χ0v) is 18.7. The summed E-state index contributed by atoms with van der Waals surface area (Å²) in [6, 6.07) is 8.49.